The van der Waals surface area contributed by atoms with Crippen molar-refractivity contribution < 1.29 is 14.3 Å². The summed E-state index contributed by atoms with van der Waals surface area (Å²) in [6.07, 6.45) is 4.92. The largest absolute Gasteiger partial charge is 0.497 e. The van der Waals surface area contributed by atoms with Gasteiger partial charge in [0.05, 0.1) is 12.7 Å². The Labute approximate surface area is 121 Å². The van der Waals surface area contributed by atoms with Crippen LogP contribution in [0.3, 0.4) is 0 Å². The Balaban J connectivity index is 1.89. The molecule has 1 aliphatic rings. The summed E-state index contributed by atoms with van der Waals surface area (Å²) in [5, 5.41) is 0. The fourth-order valence-corrected chi connectivity index (χ4v) is 1.88. The van der Waals surface area contributed by atoms with Crippen molar-refractivity contribution in [3.05, 3.63) is 65.6 Å². The molecule has 1 aromatic carbocycles. The number of benzene rings is 1. The third kappa shape index (κ3) is 2.81. The minimum Gasteiger partial charge on any atom is -0.497 e. The number of aliphatic imine (C=N–C) groups is 1. The fourth-order valence-electron chi connectivity index (χ4n) is 1.88. The maximum atomic E-state index is 11.8. The number of esters is 1. The molecular formula is C16H12N2O3. The Morgan fingerprint density at radius 1 is 1.19 bits per heavy atom. The van der Waals surface area contributed by atoms with Gasteiger partial charge >= 0.3 is 5.97 Å². The molecule has 0 unspecified atom stereocenters. The van der Waals surface area contributed by atoms with Gasteiger partial charge in [0.25, 0.3) is 0 Å². The van der Waals surface area contributed by atoms with Crippen LogP contribution in [0.2, 0.25) is 0 Å². The molecule has 0 saturated heterocycles. The number of hydrogen-bond donors (Lipinski definition) is 0. The van der Waals surface area contributed by atoms with Gasteiger partial charge in [-0.05, 0) is 35.9 Å². The van der Waals surface area contributed by atoms with Gasteiger partial charge < -0.3 is 9.47 Å². The average molecular weight is 280 g/mol. The molecule has 0 amide bonds. The highest BCUT2D eigenvalue weighted by atomic mass is 16.6. The number of ether oxygens (including phenoxy) is 2. The molecule has 1 aromatic heterocycles. The van der Waals surface area contributed by atoms with Crippen LogP contribution in [0.1, 0.15) is 11.1 Å². The van der Waals surface area contributed by atoms with Crippen molar-refractivity contribution in [2.24, 2.45) is 4.99 Å². The topological polar surface area (TPSA) is 60.8 Å². The highest BCUT2D eigenvalue weighted by Gasteiger charge is 2.24. The van der Waals surface area contributed by atoms with E-state index in [1.54, 1.807) is 37.7 Å². The highest BCUT2D eigenvalue weighted by Crippen LogP contribution is 2.20. The van der Waals surface area contributed by atoms with Crippen LogP contribution in [-0.2, 0) is 9.53 Å². The van der Waals surface area contributed by atoms with Crippen LogP contribution < -0.4 is 4.74 Å². The van der Waals surface area contributed by atoms with E-state index >= 15 is 0 Å². The van der Waals surface area contributed by atoms with Crippen LogP contribution in [0.5, 0.6) is 5.75 Å². The van der Waals surface area contributed by atoms with E-state index in [1.807, 2.05) is 24.3 Å². The van der Waals surface area contributed by atoms with E-state index < -0.39 is 5.97 Å². The molecule has 2 aromatic rings. The van der Waals surface area contributed by atoms with Crippen LogP contribution in [0.25, 0.3) is 6.08 Å². The number of methoxy groups -OCH3 is 1. The highest BCUT2D eigenvalue weighted by molar-refractivity contribution is 6.12. The summed E-state index contributed by atoms with van der Waals surface area (Å²) >= 11 is 0. The number of pyridine rings is 1. The monoisotopic (exact) mass is 280 g/mol. The lowest BCUT2D eigenvalue weighted by Crippen LogP contribution is -2.05. The van der Waals surface area contributed by atoms with Crippen molar-refractivity contribution in [3.8, 4) is 5.75 Å². The van der Waals surface area contributed by atoms with E-state index in [2.05, 4.69) is 9.98 Å². The predicted octanol–water partition coefficient (Wildman–Crippen LogP) is 2.43. The van der Waals surface area contributed by atoms with Gasteiger partial charge in [0.1, 0.15) is 5.75 Å². The second-order valence-corrected chi connectivity index (χ2v) is 4.35. The summed E-state index contributed by atoms with van der Waals surface area (Å²) in [7, 11) is 1.60. The molecular weight excluding hydrogens is 268 g/mol. The zero-order valence-electron chi connectivity index (χ0n) is 11.3. The van der Waals surface area contributed by atoms with Gasteiger partial charge in [0.15, 0.2) is 5.70 Å². The smallest absolute Gasteiger partial charge is 0.363 e. The fraction of sp³-hybridized carbons (Fsp3) is 0.0625. The molecule has 5 nitrogen and oxygen atoms in total. The Morgan fingerprint density at radius 3 is 2.67 bits per heavy atom. The first-order valence-corrected chi connectivity index (χ1v) is 6.33. The quantitative estimate of drug-likeness (QED) is 0.640. The number of rotatable bonds is 3. The van der Waals surface area contributed by atoms with Gasteiger partial charge in [-0.3, -0.25) is 4.98 Å². The van der Waals surface area contributed by atoms with Gasteiger partial charge in [-0.2, -0.15) is 0 Å². The number of cyclic esters (lactones) is 1. The Kier molecular flexibility index (Phi) is 3.47. The standard InChI is InChI=1S/C16H12N2O3/c1-20-13-6-4-11(5-7-13)9-14-16(19)21-15(18-14)12-3-2-8-17-10-12/h2-10H,1H3/b14-9-. The molecule has 2 heterocycles. The number of carbonyl (C=O) groups excluding carboxylic acids is 1. The van der Waals surface area contributed by atoms with Gasteiger partial charge in [-0.25, -0.2) is 9.79 Å². The van der Waals surface area contributed by atoms with Crippen molar-refractivity contribution in [1.82, 2.24) is 4.98 Å². The van der Waals surface area contributed by atoms with Crippen molar-refractivity contribution in [2.45, 2.75) is 0 Å². The minimum atomic E-state index is -0.468. The third-order valence-corrected chi connectivity index (χ3v) is 2.95. The van der Waals surface area contributed by atoms with E-state index in [-0.39, 0.29) is 11.6 Å². The number of carbonyl (C=O) groups is 1. The molecule has 0 atom stereocenters. The summed E-state index contributed by atoms with van der Waals surface area (Å²) in [5.74, 6) is 0.559. The third-order valence-electron chi connectivity index (χ3n) is 2.95. The number of nitrogens with zero attached hydrogens (tertiary/aromatic N) is 2. The number of aromatic nitrogens is 1. The lowest BCUT2D eigenvalue weighted by atomic mass is 10.2. The van der Waals surface area contributed by atoms with E-state index in [1.165, 1.54) is 0 Å². The predicted molar refractivity (Wildman–Crippen MR) is 77.8 cm³/mol. The van der Waals surface area contributed by atoms with Crippen LogP contribution in [0, 0.1) is 0 Å². The average Bonchev–Trinajstić information content (AvgIpc) is 2.90. The summed E-state index contributed by atoms with van der Waals surface area (Å²) in [5.41, 5.74) is 1.78. The molecule has 0 radical (unpaired) electrons. The zero-order valence-corrected chi connectivity index (χ0v) is 11.3. The van der Waals surface area contributed by atoms with Gasteiger partial charge in [0.2, 0.25) is 5.90 Å². The molecule has 0 saturated carbocycles. The molecule has 3 rings (SSSR count). The first-order chi connectivity index (χ1) is 10.3. The molecule has 1 aliphatic heterocycles. The molecule has 0 fully saturated rings. The SMILES string of the molecule is COc1ccc(/C=C2\N=C(c3cccnc3)OC2=O)cc1. The van der Waals surface area contributed by atoms with E-state index in [9.17, 15) is 4.79 Å². The lowest BCUT2D eigenvalue weighted by molar-refractivity contribution is -0.129. The van der Waals surface area contributed by atoms with Gasteiger partial charge in [-0.1, -0.05) is 12.1 Å². The Bertz CT molecular complexity index is 719. The second-order valence-electron chi connectivity index (χ2n) is 4.35. The van der Waals surface area contributed by atoms with Crippen molar-refractivity contribution in [2.75, 3.05) is 7.11 Å². The maximum absolute atomic E-state index is 11.8. The summed E-state index contributed by atoms with van der Waals surface area (Å²) in [6.45, 7) is 0. The maximum Gasteiger partial charge on any atom is 0.363 e. The van der Waals surface area contributed by atoms with Crippen molar-refractivity contribution in [1.29, 1.82) is 0 Å². The summed E-state index contributed by atoms with van der Waals surface area (Å²) in [6, 6.07) is 10.9. The molecule has 104 valence electrons. The molecule has 21 heavy (non-hydrogen) atoms. The minimum absolute atomic E-state index is 0.263. The normalized spacial score (nSPS) is 15.8. The van der Waals surface area contributed by atoms with Crippen LogP contribution in [0.15, 0.2) is 59.5 Å². The van der Waals surface area contributed by atoms with Gasteiger partial charge in [0, 0.05) is 12.4 Å². The second kappa shape index (κ2) is 5.58. The van der Waals surface area contributed by atoms with E-state index in [0.29, 0.717) is 5.56 Å². The summed E-state index contributed by atoms with van der Waals surface area (Å²) in [4.78, 5) is 20.0. The first kappa shape index (κ1) is 13.1. The van der Waals surface area contributed by atoms with E-state index in [0.717, 1.165) is 11.3 Å². The zero-order chi connectivity index (χ0) is 14.7. The first-order valence-electron chi connectivity index (χ1n) is 6.33. The Morgan fingerprint density at radius 2 is 2.00 bits per heavy atom. The van der Waals surface area contributed by atoms with Crippen molar-refractivity contribution >= 4 is 17.9 Å². The molecule has 0 aliphatic carbocycles. The van der Waals surface area contributed by atoms with Crippen LogP contribution >= 0.6 is 0 Å². The van der Waals surface area contributed by atoms with E-state index in [4.69, 9.17) is 9.47 Å². The Hall–Kier alpha value is -2.95. The molecule has 0 spiro atoms. The van der Waals surface area contributed by atoms with Crippen LogP contribution in [-0.4, -0.2) is 24.0 Å². The van der Waals surface area contributed by atoms with Crippen LogP contribution in [0.4, 0.5) is 0 Å². The van der Waals surface area contributed by atoms with Crippen molar-refractivity contribution in [3.63, 3.8) is 0 Å². The summed E-state index contributed by atoms with van der Waals surface area (Å²) < 4.78 is 10.2. The molecule has 5 heteroatoms. The molecule has 0 bridgehead atoms. The lowest BCUT2D eigenvalue weighted by Gasteiger charge is -1.99. The number of hydrogen-bond acceptors (Lipinski definition) is 5. The molecule has 0 N–H and O–H groups in total. The van der Waals surface area contributed by atoms with Gasteiger partial charge in [-0.15, -0.1) is 0 Å².